The number of rotatable bonds is 16. The molecule has 1 fully saturated rings. The predicted octanol–water partition coefficient (Wildman–Crippen LogP) is 2.47. The predicted molar refractivity (Wildman–Crippen MR) is 180 cm³/mol. The molecule has 48 heavy (non-hydrogen) atoms. The minimum absolute atomic E-state index is 0.0102. The smallest absolute Gasteiger partial charge is 0.329 e. The minimum atomic E-state index is -3.94. The summed E-state index contributed by atoms with van der Waals surface area (Å²) in [6.45, 7) is 9.51. The van der Waals surface area contributed by atoms with Gasteiger partial charge in [-0.05, 0) is 60.6 Å². The lowest BCUT2D eigenvalue weighted by Gasteiger charge is -2.29. The van der Waals surface area contributed by atoms with Gasteiger partial charge in [0.2, 0.25) is 11.8 Å². The number of ketones is 1. The zero-order chi connectivity index (χ0) is 35.3. The van der Waals surface area contributed by atoms with E-state index in [4.69, 9.17) is 4.74 Å². The van der Waals surface area contributed by atoms with E-state index < -0.39 is 51.6 Å². The Morgan fingerprint density at radius 2 is 1.35 bits per heavy atom. The highest BCUT2D eigenvalue weighted by molar-refractivity contribution is 7.94. The molecule has 0 bridgehead atoms. The number of ether oxygens (including phenoxy) is 1. The highest BCUT2D eigenvalue weighted by atomic mass is 32.2. The molecule has 2 aromatic carbocycles. The molecule has 1 saturated heterocycles. The first-order chi connectivity index (χ1) is 22.7. The number of hydrazine groups is 1. The van der Waals surface area contributed by atoms with Crippen molar-refractivity contribution in [2.75, 3.05) is 26.3 Å². The Balaban J connectivity index is 1.80. The Hall–Kier alpha value is -4.27. The van der Waals surface area contributed by atoms with Gasteiger partial charge in [0.1, 0.15) is 17.8 Å². The van der Waals surface area contributed by atoms with Gasteiger partial charge < -0.3 is 25.8 Å². The summed E-state index contributed by atoms with van der Waals surface area (Å²) in [6.07, 6.45) is 1.44. The second-order valence-electron chi connectivity index (χ2n) is 12.6. The fourth-order valence-electron chi connectivity index (χ4n) is 5.01. The van der Waals surface area contributed by atoms with Gasteiger partial charge in [-0.1, -0.05) is 58.0 Å². The van der Waals surface area contributed by atoms with Crippen LogP contribution < -0.4 is 21.4 Å². The quantitative estimate of drug-likeness (QED) is 0.166. The molecule has 3 rings (SSSR count). The SMILES string of the molecule is CC(C)C[C@H](NC(=O)NN1CCOCC1)C(=O)N[C@@H](CC(C)C)C(=O)N[C@@H](Cc1ccc(O)cc1)C(=O)/C=C/S(=O)(=O)c1ccccc1. The normalized spacial score (nSPS) is 15.9. The minimum Gasteiger partial charge on any atom is -0.508 e. The van der Waals surface area contributed by atoms with Crippen molar-refractivity contribution in [3.05, 3.63) is 71.6 Å². The maximum absolute atomic E-state index is 13.7. The third kappa shape index (κ3) is 12.7. The van der Waals surface area contributed by atoms with E-state index in [0.29, 0.717) is 38.3 Å². The van der Waals surface area contributed by atoms with Gasteiger partial charge in [-0.3, -0.25) is 19.8 Å². The van der Waals surface area contributed by atoms with E-state index in [1.54, 1.807) is 35.3 Å². The summed E-state index contributed by atoms with van der Waals surface area (Å²) >= 11 is 0. The van der Waals surface area contributed by atoms with Crippen LogP contribution in [-0.4, -0.2) is 86.6 Å². The number of aromatic hydroxyl groups is 1. The Bertz CT molecular complexity index is 1510. The second kappa shape index (κ2) is 18.3. The summed E-state index contributed by atoms with van der Waals surface area (Å²) in [5, 5.41) is 20.4. The molecule has 0 aliphatic carbocycles. The van der Waals surface area contributed by atoms with Crippen molar-refractivity contribution in [1.29, 1.82) is 0 Å². The number of phenols is 1. The maximum atomic E-state index is 13.7. The molecule has 1 heterocycles. The van der Waals surface area contributed by atoms with Gasteiger partial charge in [0, 0.05) is 24.9 Å². The lowest BCUT2D eigenvalue weighted by molar-refractivity contribution is -0.132. The van der Waals surface area contributed by atoms with Crippen molar-refractivity contribution in [1.82, 2.24) is 26.4 Å². The van der Waals surface area contributed by atoms with Crippen LogP contribution in [0.15, 0.2) is 71.0 Å². The van der Waals surface area contributed by atoms with Crippen LogP contribution in [0.5, 0.6) is 5.75 Å². The summed E-state index contributed by atoms with van der Waals surface area (Å²) in [5.74, 6) is -1.86. The Morgan fingerprint density at radius 1 is 0.812 bits per heavy atom. The molecule has 14 heteroatoms. The third-order valence-electron chi connectivity index (χ3n) is 7.46. The fourth-order valence-corrected chi connectivity index (χ4v) is 6.02. The molecule has 0 unspecified atom stereocenters. The first-order valence-corrected chi connectivity index (χ1v) is 17.6. The zero-order valence-electron chi connectivity index (χ0n) is 27.8. The number of nitrogens with one attached hydrogen (secondary N) is 4. The molecule has 3 atom stereocenters. The number of carbonyl (C=O) groups excluding carboxylic acids is 4. The summed E-state index contributed by atoms with van der Waals surface area (Å²) in [7, 11) is -3.94. The molecule has 13 nitrogen and oxygen atoms in total. The number of benzene rings is 2. The molecule has 0 spiro atoms. The van der Waals surface area contributed by atoms with Crippen molar-refractivity contribution in [3.8, 4) is 5.75 Å². The van der Waals surface area contributed by atoms with E-state index >= 15 is 0 Å². The topological polar surface area (TPSA) is 183 Å². The van der Waals surface area contributed by atoms with E-state index in [9.17, 15) is 32.7 Å². The van der Waals surface area contributed by atoms with Gasteiger partial charge in [0.05, 0.1) is 24.2 Å². The molecular weight excluding hydrogens is 638 g/mol. The maximum Gasteiger partial charge on any atom is 0.329 e. The van der Waals surface area contributed by atoms with Crippen molar-refractivity contribution in [3.63, 3.8) is 0 Å². The monoisotopic (exact) mass is 685 g/mol. The zero-order valence-corrected chi connectivity index (χ0v) is 28.7. The van der Waals surface area contributed by atoms with Crippen molar-refractivity contribution in [2.45, 2.75) is 70.0 Å². The van der Waals surface area contributed by atoms with E-state index in [2.05, 4.69) is 21.4 Å². The Labute approximate surface area is 282 Å². The number of sulfone groups is 1. The van der Waals surface area contributed by atoms with Crippen LogP contribution in [0, 0.1) is 11.8 Å². The Kier molecular flexibility index (Phi) is 14.6. The second-order valence-corrected chi connectivity index (χ2v) is 14.4. The third-order valence-corrected chi connectivity index (χ3v) is 8.88. The molecule has 0 saturated carbocycles. The van der Waals surface area contributed by atoms with Crippen molar-refractivity contribution in [2.24, 2.45) is 11.8 Å². The van der Waals surface area contributed by atoms with Crippen LogP contribution in [0.1, 0.15) is 46.1 Å². The number of hydrogen-bond donors (Lipinski definition) is 5. The lowest BCUT2D eigenvalue weighted by atomic mass is 9.98. The summed E-state index contributed by atoms with van der Waals surface area (Å²) in [6, 6.07) is 9.91. The molecule has 5 N–H and O–H groups in total. The highest BCUT2D eigenvalue weighted by Crippen LogP contribution is 2.15. The van der Waals surface area contributed by atoms with Gasteiger partial charge in [-0.25, -0.2) is 18.2 Å². The molecule has 0 radical (unpaired) electrons. The number of hydrogen-bond acceptors (Lipinski definition) is 9. The summed E-state index contributed by atoms with van der Waals surface area (Å²) in [5.41, 5.74) is 3.33. The summed E-state index contributed by atoms with van der Waals surface area (Å²) in [4.78, 5) is 53.5. The fraction of sp³-hybridized carbons (Fsp3) is 0.471. The van der Waals surface area contributed by atoms with E-state index in [-0.39, 0.29) is 35.3 Å². The van der Waals surface area contributed by atoms with Gasteiger partial charge in [-0.2, -0.15) is 0 Å². The number of amides is 4. The van der Waals surface area contributed by atoms with Gasteiger partial charge in [0.25, 0.3) is 0 Å². The summed E-state index contributed by atoms with van der Waals surface area (Å²) < 4.78 is 30.9. The number of urea groups is 1. The largest absolute Gasteiger partial charge is 0.508 e. The van der Waals surface area contributed by atoms with Gasteiger partial charge in [-0.15, -0.1) is 0 Å². The molecular formula is C34H47N5O8S. The van der Waals surface area contributed by atoms with Crippen LogP contribution in [0.25, 0.3) is 0 Å². The highest BCUT2D eigenvalue weighted by Gasteiger charge is 2.31. The van der Waals surface area contributed by atoms with Crippen LogP contribution in [0.4, 0.5) is 4.79 Å². The standard InChI is InChI=1S/C34H47N5O8S/c1-23(2)20-29(36-33(43)30(21-24(3)4)37-34(44)38-39-15-17-47-18-16-39)32(42)35-28(22-25-10-12-26(40)13-11-25)31(41)14-19-48(45,46)27-8-6-5-7-9-27/h5-14,19,23-24,28-30,40H,15-18,20-22H2,1-4H3,(H,35,42)(H,36,43)(H2,37,38,44)/b19-14+/t28-,29-,30-/m0/s1. The molecule has 2 aromatic rings. The lowest BCUT2D eigenvalue weighted by Crippen LogP contribution is -2.59. The van der Waals surface area contributed by atoms with Crippen molar-refractivity contribution < 1.29 is 37.4 Å². The Morgan fingerprint density at radius 3 is 1.92 bits per heavy atom. The molecule has 0 aromatic heterocycles. The molecule has 262 valence electrons. The first kappa shape index (κ1) is 38.2. The number of phenolic OH excluding ortho intramolecular Hbond substituents is 1. The number of nitrogens with zero attached hydrogens (tertiary/aromatic N) is 1. The number of morpholine rings is 1. The van der Waals surface area contributed by atoms with Crippen LogP contribution in [0.2, 0.25) is 0 Å². The van der Waals surface area contributed by atoms with Crippen LogP contribution >= 0.6 is 0 Å². The molecule has 1 aliphatic rings. The van der Waals surface area contributed by atoms with Crippen LogP contribution in [0.3, 0.4) is 0 Å². The first-order valence-electron chi connectivity index (χ1n) is 16.0. The number of carbonyl (C=O) groups is 4. The van der Waals surface area contributed by atoms with E-state index in [0.717, 1.165) is 11.5 Å². The van der Waals surface area contributed by atoms with Gasteiger partial charge in [0.15, 0.2) is 15.6 Å². The van der Waals surface area contributed by atoms with Crippen molar-refractivity contribution >= 4 is 33.5 Å². The van der Waals surface area contributed by atoms with Gasteiger partial charge >= 0.3 is 6.03 Å². The average molecular weight is 686 g/mol. The van der Waals surface area contributed by atoms with E-state index in [1.165, 1.54) is 24.3 Å². The molecule has 4 amide bonds. The van der Waals surface area contributed by atoms with E-state index in [1.807, 2.05) is 27.7 Å². The average Bonchev–Trinajstić information content (AvgIpc) is 3.04. The molecule has 1 aliphatic heterocycles. The van der Waals surface area contributed by atoms with Crippen LogP contribution in [-0.2, 0) is 35.4 Å².